The smallest absolute Gasteiger partial charge is 0.349 e. The molecule has 120 valence electrons. The summed E-state index contributed by atoms with van der Waals surface area (Å²) >= 11 is 0. The van der Waals surface area contributed by atoms with Gasteiger partial charge in [-0.25, -0.2) is 9.78 Å². The van der Waals surface area contributed by atoms with E-state index in [1.807, 2.05) is 0 Å². The minimum absolute atomic E-state index is 0.0908. The van der Waals surface area contributed by atoms with Gasteiger partial charge in [0.1, 0.15) is 19.3 Å². The zero-order valence-electron chi connectivity index (χ0n) is 12.0. The van der Waals surface area contributed by atoms with E-state index in [4.69, 9.17) is 18.5 Å². The third-order valence-electron chi connectivity index (χ3n) is 2.11. The largest absolute Gasteiger partial charge is 0.356 e. The Morgan fingerprint density at radius 2 is 2.00 bits per heavy atom. The minimum atomic E-state index is -3.21. The first kappa shape index (κ1) is 17.8. The van der Waals surface area contributed by atoms with Crippen molar-refractivity contribution in [2.75, 3.05) is 38.4 Å². The van der Waals surface area contributed by atoms with Gasteiger partial charge >= 0.3 is 13.3 Å². The molecule has 1 aromatic rings. The molecule has 0 aliphatic heterocycles. The average Bonchev–Trinajstić information content (AvgIpc) is 2.43. The summed E-state index contributed by atoms with van der Waals surface area (Å²) in [6.45, 7) is 4.01. The van der Waals surface area contributed by atoms with Crippen molar-refractivity contribution in [3.8, 4) is 0 Å². The van der Waals surface area contributed by atoms with Crippen LogP contribution in [0.2, 0.25) is 0 Å². The van der Waals surface area contributed by atoms with Crippen molar-refractivity contribution in [1.29, 1.82) is 0 Å². The molecule has 0 aromatic carbocycles. The first-order valence-electron chi connectivity index (χ1n) is 6.42. The second-order valence-electron chi connectivity index (χ2n) is 3.71. The van der Waals surface area contributed by atoms with Gasteiger partial charge in [0, 0.05) is 6.20 Å². The molecule has 0 aliphatic rings. The third kappa shape index (κ3) is 7.35. The molecule has 10 heteroatoms. The lowest BCUT2D eigenvalue weighted by Gasteiger charge is -2.16. The zero-order chi connectivity index (χ0) is 15.6. The van der Waals surface area contributed by atoms with Crippen molar-refractivity contribution in [1.82, 2.24) is 9.97 Å². The monoisotopic (exact) mass is 321 g/mol. The third-order valence-corrected chi connectivity index (χ3v) is 3.91. The predicted molar refractivity (Wildman–Crippen MR) is 76.1 cm³/mol. The van der Waals surface area contributed by atoms with Crippen LogP contribution in [0, 0.1) is 0 Å². The van der Waals surface area contributed by atoms with E-state index in [9.17, 15) is 9.36 Å². The van der Waals surface area contributed by atoms with Crippen LogP contribution < -0.4 is 11.0 Å². The topological polar surface area (TPSA) is 112 Å². The molecule has 0 saturated carbocycles. The van der Waals surface area contributed by atoms with Crippen LogP contribution in [0.3, 0.4) is 0 Å². The number of nitrogens with zero attached hydrogens (tertiary/aromatic N) is 1. The van der Waals surface area contributed by atoms with Gasteiger partial charge in [0.25, 0.3) is 0 Å². The number of hydrogen-bond donors (Lipinski definition) is 2. The van der Waals surface area contributed by atoms with E-state index in [1.54, 1.807) is 19.9 Å². The van der Waals surface area contributed by atoms with Gasteiger partial charge < -0.3 is 23.8 Å². The van der Waals surface area contributed by atoms with Crippen LogP contribution in [0.15, 0.2) is 17.1 Å². The highest BCUT2D eigenvalue weighted by Gasteiger charge is 2.23. The van der Waals surface area contributed by atoms with Gasteiger partial charge in [0.05, 0.1) is 13.2 Å². The molecule has 0 unspecified atom stereocenters. The summed E-state index contributed by atoms with van der Waals surface area (Å²) in [4.78, 5) is 16.9. The van der Waals surface area contributed by atoms with Crippen molar-refractivity contribution in [3.63, 3.8) is 0 Å². The second kappa shape index (κ2) is 9.64. The Kier molecular flexibility index (Phi) is 8.17. The van der Waals surface area contributed by atoms with E-state index in [1.165, 1.54) is 6.20 Å². The first-order valence-corrected chi connectivity index (χ1v) is 8.15. The quantitative estimate of drug-likeness (QED) is 0.357. The zero-order valence-corrected chi connectivity index (χ0v) is 12.9. The minimum Gasteiger partial charge on any atom is -0.349 e. The summed E-state index contributed by atoms with van der Waals surface area (Å²) in [5.41, 5.74) is -0.453. The molecule has 1 aromatic heterocycles. The Balaban J connectivity index is 2.19. The van der Waals surface area contributed by atoms with Crippen LogP contribution in [-0.4, -0.2) is 43.1 Å². The summed E-state index contributed by atoms with van der Waals surface area (Å²) < 4.78 is 32.3. The molecule has 21 heavy (non-hydrogen) atoms. The fraction of sp³-hybridized carbons (Fsp3) is 0.636. The molecule has 0 amide bonds. The molecule has 0 radical (unpaired) electrons. The van der Waals surface area contributed by atoms with Crippen LogP contribution in [-0.2, 0) is 23.1 Å². The van der Waals surface area contributed by atoms with E-state index in [2.05, 4.69) is 15.3 Å². The summed E-state index contributed by atoms with van der Waals surface area (Å²) in [6, 6.07) is 1.59. The van der Waals surface area contributed by atoms with Gasteiger partial charge in [-0.05, 0) is 19.9 Å². The van der Waals surface area contributed by atoms with Gasteiger partial charge in [0.15, 0.2) is 6.35 Å². The molecule has 0 fully saturated rings. The number of hydrogen-bond acceptors (Lipinski definition) is 8. The van der Waals surface area contributed by atoms with Gasteiger partial charge in [0.2, 0.25) is 0 Å². The average molecular weight is 321 g/mol. The molecule has 0 aliphatic carbocycles. The lowest BCUT2D eigenvalue weighted by molar-refractivity contribution is -0.0370. The van der Waals surface area contributed by atoms with Crippen molar-refractivity contribution < 1.29 is 23.1 Å². The molecule has 1 rings (SSSR count). The summed E-state index contributed by atoms with van der Waals surface area (Å²) in [6.07, 6.45) is 1.19. The van der Waals surface area contributed by atoms with Gasteiger partial charge in [-0.2, -0.15) is 0 Å². The van der Waals surface area contributed by atoms with Crippen LogP contribution >= 0.6 is 7.60 Å². The van der Waals surface area contributed by atoms with Crippen molar-refractivity contribution >= 4 is 13.4 Å². The number of aromatic amines is 1. The normalized spacial score (nSPS) is 11.5. The molecule has 9 nitrogen and oxygen atoms in total. The molecule has 0 spiro atoms. The molecular formula is C11H20N3O6P. The van der Waals surface area contributed by atoms with E-state index >= 15 is 0 Å². The summed E-state index contributed by atoms with van der Waals surface area (Å²) in [5.74, 6) is 0.476. The number of nitrogens with one attached hydrogen (secondary N) is 2. The highest BCUT2D eigenvalue weighted by Crippen LogP contribution is 2.47. The Morgan fingerprint density at radius 3 is 2.62 bits per heavy atom. The standard InChI is InChI=1S/C11H20N3O6P/c1-3-19-21(16,20-4-2)9-18-8-17-7-13-10-5-6-12-11(15)14-10/h5-6H,3-4,7-9H2,1-2H3,(H2,12,13,14,15). The maximum Gasteiger partial charge on any atom is 0.356 e. The second-order valence-corrected chi connectivity index (χ2v) is 5.71. The Bertz CT molecular complexity index is 499. The van der Waals surface area contributed by atoms with Crippen molar-refractivity contribution in [3.05, 3.63) is 22.7 Å². The highest BCUT2D eigenvalue weighted by atomic mass is 31.2. The molecule has 2 N–H and O–H groups in total. The maximum absolute atomic E-state index is 12.0. The maximum atomic E-state index is 12.0. The fourth-order valence-electron chi connectivity index (χ4n) is 1.36. The Hall–Kier alpha value is -1.25. The summed E-state index contributed by atoms with van der Waals surface area (Å²) in [5, 5.41) is 2.80. The highest BCUT2D eigenvalue weighted by molar-refractivity contribution is 7.53. The Labute approximate surface area is 122 Å². The molecule has 0 saturated heterocycles. The SMILES string of the molecule is CCOP(=O)(COCOCNc1ccnc(=O)[nH]1)OCC. The fourth-order valence-corrected chi connectivity index (χ4v) is 2.66. The lowest BCUT2D eigenvalue weighted by atomic mass is 10.6. The molecule has 1 heterocycles. The van der Waals surface area contributed by atoms with Crippen LogP contribution in [0.5, 0.6) is 0 Å². The summed E-state index contributed by atoms with van der Waals surface area (Å²) in [7, 11) is -3.21. The number of anilines is 1. The Morgan fingerprint density at radius 1 is 1.29 bits per heavy atom. The van der Waals surface area contributed by atoms with Crippen LogP contribution in [0.4, 0.5) is 5.82 Å². The predicted octanol–water partition coefficient (Wildman–Crippen LogP) is 1.35. The number of rotatable bonds is 11. The molecular weight excluding hydrogens is 301 g/mol. The lowest BCUT2D eigenvalue weighted by Crippen LogP contribution is -2.15. The van der Waals surface area contributed by atoms with E-state index in [0.717, 1.165) is 0 Å². The molecule has 0 bridgehead atoms. The first-order chi connectivity index (χ1) is 10.1. The van der Waals surface area contributed by atoms with Crippen LogP contribution in [0.1, 0.15) is 13.8 Å². The van der Waals surface area contributed by atoms with E-state index in [-0.39, 0.29) is 33.1 Å². The number of aromatic nitrogens is 2. The van der Waals surface area contributed by atoms with E-state index in [0.29, 0.717) is 5.82 Å². The molecule has 0 atom stereocenters. The van der Waals surface area contributed by atoms with Gasteiger partial charge in [-0.3, -0.25) is 9.55 Å². The number of H-pyrrole nitrogens is 1. The van der Waals surface area contributed by atoms with Gasteiger partial charge in [-0.1, -0.05) is 0 Å². The van der Waals surface area contributed by atoms with Crippen molar-refractivity contribution in [2.24, 2.45) is 0 Å². The van der Waals surface area contributed by atoms with Crippen molar-refractivity contribution in [2.45, 2.75) is 13.8 Å². The van der Waals surface area contributed by atoms with Gasteiger partial charge in [-0.15, -0.1) is 0 Å². The number of ether oxygens (including phenoxy) is 2. The van der Waals surface area contributed by atoms with Crippen LogP contribution in [0.25, 0.3) is 0 Å². The van der Waals surface area contributed by atoms with E-state index < -0.39 is 13.3 Å².